The molecule has 106 valence electrons. The van der Waals surface area contributed by atoms with Gasteiger partial charge >= 0.3 is 11.9 Å². The van der Waals surface area contributed by atoms with E-state index < -0.39 is 0 Å². The minimum Gasteiger partial charge on any atom is -0.469 e. The van der Waals surface area contributed by atoms with Crippen LogP contribution in [-0.2, 0) is 23.8 Å². The Bertz CT molecular complexity index is 240. The van der Waals surface area contributed by atoms with Crippen LogP contribution in [0.1, 0.15) is 46.0 Å². The summed E-state index contributed by atoms with van der Waals surface area (Å²) >= 11 is 0. The lowest BCUT2D eigenvalue weighted by Crippen LogP contribution is -2.18. The first-order valence-electron chi connectivity index (χ1n) is 6.41. The van der Waals surface area contributed by atoms with Crippen LogP contribution in [0.5, 0.6) is 0 Å². The van der Waals surface area contributed by atoms with E-state index in [-0.39, 0.29) is 18.0 Å². The first kappa shape index (κ1) is 16.9. The average Bonchev–Trinajstić information content (AvgIpc) is 2.33. The predicted molar refractivity (Wildman–Crippen MR) is 67.1 cm³/mol. The number of unbranched alkanes of at least 4 members (excludes halogenated alkanes) is 1. The highest BCUT2D eigenvalue weighted by Gasteiger charge is 2.12. The minimum atomic E-state index is -0.274. The zero-order chi connectivity index (χ0) is 13.8. The molecule has 0 saturated heterocycles. The Kier molecular flexibility index (Phi) is 10.3. The molecule has 0 fully saturated rings. The van der Waals surface area contributed by atoms with Gasteiger partial charge in [-0.25, -0.2) is 0 Å². The third kappa shape index (κ3) is 10.1. The number of hydrogen-bond acceptors (Lipinski definition) is 5. The van der Waals surface area contributed by atoms with E-state index in [1.807, 2.05) is 6.92 Å². The molecule has 5 nitrogen and oxygen atoms in total. The van der Waals surface area contributed by atoms with Crippen molar-refractivity contribution in [2.45, 2.75) is 52.1 Å². The van der Waals surface area contributed by atoms with Gasteiger partial charge in [0.05, 0.1) is 13.7 Å². The zero-order valence-corrected chi connectivity index (χ0v) is 11.6. The largest absolute Gasteiger partial charge is 0.469 e. The van der Waals surface area contributed by atoms with Crippen LogP contribution >= 0.6 is 0 Å². The van der Waals surface area contributed by atoms with E-state index in [9.17, 15) is 9.59 Å². The third-order valence-electron chi connectivity index (χ3n) is 2.51. The molecule has 0 spiro atoms. The Labute approximate surface area is 109 Å². The van der Waals surface area contributed by atoms with Crippen LogP contribution < -0.4 is 0 Å². The van der Waals surface area contributed by atoms with Gasteiger partial charge in [-0.2, -0.15) is 0 Å². The standard InChI is InChI=1S/C13H24O5/c1-4-17-10-9-12(18-11(2)14)7-5-6-8-13(15)16-3/h12H,4-10H2,1-3H3/t12-/m1/s1. The number of methoxy groups -OCH3 is 1. The van der Waals surface area contributed by atoms with Crippen LogP contribution in [0.25, 0.3) is 0 Å². The number of ether oxygens (including phenoxy) is 3. The van der Waals surface area contributed by atoms with Crippen molar-refractivity contribution in [2.24, 2.45) is 0 Å². The van der Waals surface area contributed by atoms with E-state index >= 15 is 0 Å². The second kappa shape index (κ2) is 11.0. The first-order chi connectivity index (χ1) is 8.60. The molecule has 0 N–H and O–H groups in total. The van der Waals surface area contributed by atoms with Crippen molar-refractivity contribution in [3.63, 3.8) is 0 Å². The highest BCUT2D eigenvalue weighted by atomic mass is 16.5. The molecule has 1 atom stereocenters. The van der Waals surface area contributed by atoms with E-state index in [1.54, 1.807) is 0 Å². The van der Waals surface area contributed by atoms with E-state index in [1.165, 1.54) is 14.0 Å². The summed E-state index contributed by atoms with van der Waals surface area (Å²) in [6.07, 6.45) is 3.33. The molecule has 0 amide bonds. The highest BCUT2D eigenvalue weighted by Crippen LogP contribution is 2.11. The Hall–Kier alpha value is -1.10. The summed E-state index contributed by atoms with van der Waals surface area (Å²) in [5, 5.41) is 0. The van der Waals surface area contributed by atoms with Crippen molar-refractivity contribution in [1.82, 2.24) is 0 Å². The quantitative estimate of drug-likeness (QED) is 0.444. The molecule has 0 aromatic rings. The van der Waals surface area contributed by atoms with E-state index in [0.717, 1.165) is 19.3 Å². The molecule has 0 bridgehead atoms. The summed E-state index contributed by atoms with van der Waals surface area (Å²) in [6.45, 7) is 4.58. The van der Waals surface area contributed by atoms with Gasteiger partial charge in [0.1, 0.15) is 6.10 Å². The molecule has 0 unspecified atom stereocenters. The van der Waals surface area contributed by atoms with Crippen LogP contribution in [0, 0.1) is 0 Å². The molecule has 0 heterocycles. The fraction of sp³-hybridized carbons (Fsp3) is 0.846. The van der Waals surface area contributed by atoms with Crippen LogP contribution in [0.2, 0.25) is 0 Å². The summed E-state index contributed by atoms with van der Waals surface area (Å²) < 4.78 is 15.0. The highest BCUT2D eigenvalue weighted by molar-refractivity contribution is 5.69. The smallest absolute Gasteiger partial charge is 0.305 e. The maximum absolute atomic E-state index is 10.9. The fourth-order valence-electron chi connectivity index (χ4n) is 1.60. The first-order valence-corrected chi connectivity index (χ1v) is 6.41. The second-order valence-corrected chi connectivity index (χ2v) is 4.04. The van der Waals surface area contributed by atoms with Crippen molar-refractivity contribution in [1.29, 1.82) is 0 Å². The number of hydrogen-bond donors (Lipinski definition) is 0. The molecule has 5 heteroatoms. The maximum atomic E-state index is 10.9. The molecule has 0 radical (unpaired) electrons. The molecule has 0 aliphatic carbocycles. The van der Waals surface area contributed by atoms with Gasteiger partial charge in [-0.3, -0.25) is 9.59 Å². The Balaban J connectivity index is 3.78. The van der Waals surface area contributed by atoms with E-state index in [0.29, 0.717) is 26.1 Å². The van der Waals surface area contributed by atoms with Gasteiger partial charge in [-0.05, 0) is 26.2 Å². The van der Waals surface area contributed by atoms with Crippen LogP contribution in [-0.4, -0.2) is 38.4 Å². The Morgan fingerprint density at radius 2 is 1.89 bits per heavy atom. The molecule has 0 saturated carbocycles. The van der Waals surface area contributed by atoms with Crippen LogP contribution in [0.3, 0.4) is 0 Å². The van der Waals surface area contributed by atoms with Gasteiger partial charge in [0.15, 0.2) is 0 Å². The lowest BCUT2D eigenvalue weighted by atomic mass is 10.1. The third-order valence-corrected chi connectivity index (χ3v) is 2.51. The average molecular weight is 260 g/mol. The Morgan fingerprint density at radius 1 is 1.17 bits per heavy atom. The molecule has 18 heavy (non-hydrogen) atoms. The van der Waals surface area contributed by atoms with Gasteiger partial charge in [0.2, 0.25) is 0 Å². The summed E-state index contributed by atoms with van der Waals surface area (Å²) in [5.41, 5.74) is 0. The van der Waals surface area contributed by atoms with Gasteiger partial charge in [0, 0.05) is 26.4 Å². The number of carbonyl (C=O) groups excluding carboxylic acids is 2. The van der Waals surface area contributed by atoms with Gasteiger partial charge in [-0.1, -0.05) is 0 Å². The SMILES string of the molecule is CCOCC[C@@H](CCCCC(=O)OC)OC(C)=O. The van der Waals surface area contributed by atoms with Gasteiger partial charge in [-0.15, -0.1) is 0 Å². The minimum absolute atomic E-state index is 0.119. The van der Waals surface area contributed by atoms with Crippen molar-refractivity contribution in [3.8, 4) is 0 Å². The molecule has 0 rings (SSSR count). The van der Waals surface area contributed by atoms with E-state index in [4.69, 9.17) is 9.47 Å². The summed E-state index contributed by atoms with van der Waals surface area (Å²) in [6, 6.07) is 0. The number of esters is 2. The molecule has 0 aliphatic rings. The molecular weight excluding hydrogens is 236 g/mol. The van der Waals surface area contributed by atoms with Gasteiger partial charge < -0.3 is 14.2 Å². The lowest BCUT2D eigenvalue weighted by Gasteiger charge is -2.16. The summed E-state index contributed by atoms with van der Waals surface area (Å²) in [5.74, 6) is -0.474. The predicted octanol–water partition coefficient (Wildman–Crippen LogP) is 2.08. The summed E-state index contributed by atoms with van der Waals surface area (Å²) in [7, 11) is 1.38. The molecule has 0 aromatic heterocycles. The number of rotatable bonds is 10. The second-order valence-electron chi connectivity index (χ2n) is 4.04. The summed E-state index contributed by atoms with van der Waals surface area (Å²) in [4.78, 5) is 21.9. The molecule has 0 aliphatic heterocycles. The Morgan fingerprint density at radius 3 is 2.44 bits per heavy atom. The van der Waals surface area contributed by atoms with Crippen LogP contribution in [0.15, 0.2) is 0 Å². The maximum Gasteiger partial charge on any atom is 0.305 e. The monoisotopic (exact) mass is 260 g/mol. The fourth-order valence-corrected chi connectivity index (χ4v) is 1.60. The topological polar surface area (TPSA) is 61.8 Å². The molecule has 0 aromatic carbocycles. The zero-order valence-electron chi connectivity index (χ0n) is 11.6. The van der Waals surface area contributed by atoms with Crippen molar-refractivity contribution in [2.75, 3.05) is 20.3 Å². The lowest BCUT2D eigenvalue weighted by molar-refractivity contribution is -0.148. The van der Waals surface area contributed by atoms with Crippen molar-refractivity contribution in [3.05, 3.63) is 0 Å². The molecular formula is C13H24O5. The van der Waals surface area contributed by atoms with Crippen LogP contribution in [0.4, 0.5) is 0 Å². The van der Waals surface area contributed by atoms with Crippen molar-refractivity contribution >= 4 is 11.9 Å². The van der Waals surface area contributed by atoms with Gasteiger partial charge in [0.25, 0.3) is 0 Å². The normalized spacial score (nSPS) is 11.9. The van der Waals surface area contributed by atoms with Crippen molar-refractivity contribution < 1.29 is 23.8 Å². The number of carbonyl (C=O) groups is 2. The van der Waals surface area contributed by atoms with E-state index in [2.05, 4.69) is 4.74 Å².